The second-order valence-electron chi connectivity index (χ2n) is 6.90. The number of aromatic nitrogens is 2. The monoisotopic (exact) mass is 372 g/mol. The second kappa shape index (κ2) is 9.30. The van der Waals surface area contributed by atoms with Gasteiger partial charge in [-0.05, 0) is 37.0 Å². The lowest BCUT2D eigenvalue weighted by molar-refractivity contribution is -0.138. The first-order valence-corrected chi connectivity index (χ1v) is 9.37. The maximum absolute atomic E-state index is 13.3. The number of aryl methyl sites for hydroxylation is 1. The van der Waals surface area contributed by atoms with Crippen LogP contribution in [-0.2, 0) is 22.6 Å². The summed E-state index contributed by atoms with van der Waals surface area (Å²) in [7, 11) is 0. The standard InChI is InChI=1S/C20H25FN4O2/c21-18-4-1-3-16(13-18)7-11-25-14-17(5-6-19(25)26)20(27)23-8-2-10-24-12-9-22-15-24/h1,3-4,9,12-13,15,17H,2,5-8,10-11,14H2,(H,23,27)/t17-/m0/s1. The van der Waals surface area contributed by atoms with Gasteiger partial charge < -0.3 is 14.8 Å². The Kier molecular flexibility index (Phi) is 6.57. The van der Waals surface area contributed by atoms with Crippen molar-refractivity contribution in [1.29, 1.82) is 0 Å². The summed E-state index contributed by atoms with van der Waals surface area (Å²) in [6.45, 7) is 2.35. The van der Waals surface area contributed by atoms with Crippen LogP contribution in [0.1, 0.15) is 24.8 Å². The average molecular weight is 372 g/mol. The molecule has 0 aliphatic carbocycles. The van der Waals surface area contributed by atoms with E-state index < -0.39 is 0 Å². The van der Waals surface area contributed by atoms with Crippen LogP contribution in [0, 0.1) is 11.7 Å². The number of hydrogen-bond donors (Lipinski definition) is 1. The molecule has 0 saturated carbocycles. The zero-order chi connectivity index (χ0) is 19.1. The average Bonchev–Trinajstić information content (AvgIpc) is 3.18. The van der Waals surface area contributed by atoms with Crippen LogP contribution < -0.4 is 5.32 Å². The molecule has 3 rings (SSSR count). The summed E-state index contributed by atoms with van der Waals surface area (Å²) in [5, 5.41) is 2.97. The number of piperidine rings is 1. The third kappa shape index (κ3) is 5.64. The fraction of sp³-hybridized carbons (Fsp3) is 0.450. The Morgan fingerprint density at radius 1 is 1.33 bits per heavy atom. The number of halogens is 1. The molecule has 27 heavy (non-hydrogen) atoms. The van der Waals surface area contributed by atoms with Crippen molar-refractivity contribution >= 4 is 11.8 Å². The van der Waals surface area contributed by atoms with E-state index in [1.807, 2.05) is 16.8 Å². The van der Waals surface area contributed by atoms with Crippen LogP contribution in [0.4, 0.5) is 4.39 Å². The van der Waals surface area contributed by atoms with Crippen molar-refractivity contribution < 1.29 is 14.0 Å². The fourth-order valence-corrected chi connectivity index (χ4v) is 3.34. The second-order valence-corrected chi connectivity index (χ2v) is 6.90. The van der Waals surface area contributed by atoms with Crippen molar-refractivity contribution in [3.63, 3.8) is 0 Å². The number of nitrogens with one attached hydrogen (secondary N) is 1. The first-order valence-electron chi connectivity index (χ1n) is 9.37. The molecule has 2 heterocycles. The van der Waals surface area contributed by atoms with Gasteiger partial charge >= 0.3 is 0 Å². The lowest BCUT2D eigenvalue weighted by Crippen LogP contribution is -2.46. The maximum Gasteiger partial charge on any atom is 0.224 e. The van der Waals surface area contributed by atoms with Crippen molar-refractivity contribution in [2.75, 3.05) is 19.6 Å². The largest absolute Gasteiger partial charge is 0.356 e. The summed E-state index contributed by atoms with van der Waals surface area (Å²) in [6.07, 6.45) is 7.77. The van der Waals surface area contributed by atoms with Gasteiger partial charge in [-0.15, -0.1) is 0 Å². The molecule has 0 bridgehead atoms. The molecule has 1 saturated heterocycles. The number of imidazole rings is 1. The van der Waals surface area contributed by atoms with Crippen LogP contribution in [0.2, 0.25) is 0 Å². The van der Waals surface area contributed by atoms with Crippen LogP contribution in [0.15, 0.2) is 43.0 Å². The molecule has 1 aliphatic heterocycles. The summed E-state index contributed by atoms with van der Waals surface area (Å²) >= 11 is 0. The number of carbonyl (C=O) groups excluding carboxylic acids is 2. The number of benzene rings is 1. The quantitative estimate of drug-likeness (QED) is 0.721. The molecule has 0 radical (unpaired) electrons. The molecule has 1 fully saturated rings. The Hall–Kier alpha value is -2.70. The van der Waals surface area contributed by atoms with Crippen LogP contribution in [0.3, 0.4) is 0 Å². The molecule has 1 aromatic heterocycles. The molecule has 1 aromatic carbocycles. The van der Waals surface area contributed by atoms with Crippen molar-refractivity contribution in [3.8, 4) is 0 Å². The summed E-state index contributed by atoms with van der Waals surface area (Å²) in [4.78, 5) is 30.3. The molecular weight excluding hydrogens is 347 g/mol. The predicted octanol–water partition coefficient (Wildman–Crippen LogP) is 2.01. The van der Waals surface area contributed by atoms with Gasteiger partial charge in [-0.2, -0.15) is 0 Å². The molecule has 144 valence electrons. The van der Waals surface area contributed by atoms with Gasteiger partial charge in [0.2, 0.25) is 11.8 Å². The molecule has 0 spiro atoms. The van der Waals surface area contributed by atoms with Crippen LogP contribution in [-0.4, -0.2) is 45.9 Å². The third-order valence-corrected chi connectivity index (χ3v) is 4.88. The van der Waals surface area contributed by atoms with E-state index in [1.165, 1.54) is 12.1 Å². The summed E-state index contributed by atoms with van der Waals surface area (Å²) < 4.78 is 15.2. The van der Waals surface area contributed by atoms with Crippen molar-refractivity contribution in [2.45, 2.75) is 32.2 Å². The Labute approximate surface area is 158 Å². The van der Waals surface area contributed by atoms with Crippen molar-refractivity contribution in [2.24, 2.45) is 5.92 Å². The van der Waals surface area contributed by atoms with Gasteiger partial charge in [-0.3, -0.25) is 9.59 Å². The van der Waals surface area contributed by atoms with Crippen molar-refractivity contribution in [3.05, 3.63) is 54.4 Å². The first-order chi connectivity index (χ1) is 13.1. The van der Waals surface area contributed by atoms with E-state index in [2.05, 4.69) is 10.3 Å². The highest BCUT2D eigenvalue weighted by Crippen LogP contribution is 2.18. The molecule has 1 aliphatic rings. The van der Waals surface area contributed by atoms with E-state index in [4.69, 9.17) is 0 Å². The summed E-state index contributed by atoms with van der Waals surface area (Å²) in [5.41, 5.74) is 0.855. The van der Waals surface area contributed by atoms with E-state index in [-0.39, 0.29) is 23.5 Å². The van der Waals surface area contributed by atoms with Gasteiger partial charge in [0.25, 0.3) is 0 Å². The Morgan fingerprint density at radius 2 is 2.22 bits per heavy atom. The molecule has 0 unspecified atom stereocenters. The highest BCUT2D eigenvalue weighted by molar-refractivity contribution is 5.83. The van der Waals surface area contributed by atoms with E-state index in [9.17, 15) is 14.0 Å². The molecule has 2 amide bonds. The minimum atomic E-state index is -0.273. The van der Waals surface area contributed by atoms with Gasteiger partial charge in [0.15, 0.2) is 0 Å². The molecule has 2 aromatic rings. The number of amides is 2. The van der Waals surface area contributed by atoms with Gasteiger partial charge in [-0.1, -0.05) is 12.1 Å². The topological polar surface area (TPSA) is 67.2 Å². The molecule has 1 atom stereocenters. The zero-order valence-corrected chi connectivity index (χ0v) is 15.3. The van der Waals surface area contributed by atoms with Gasteiger partial charge in [-0.25, -0.2) is 9.37 Å². The zero-order valence-electron chi connectivity index (χ0n) is 15.3. The molecule has 6 nitrogen and oxygen atoms in total. The number of hydrogen-bond acceptors (Lipinski definition) is 3. The number of rotatable bonds is 8. The summed E-state index contributed by atoms with van der Waals surface area (Å²) in [5.74, 6) is -0.381. The SMILES string of the molecule is O=C(NCCCn1ccnc1)[C@H]1CCC(=O)N(CCc2cccc(F)c2)C1. The predicted molar refractivity (Wildman–Crippen MR) is 99.3 cm³/mol. The summed E-state index contributed by atoms with van der Waals surface area (Å²) in [6, 6.07) is 6.41. The first kappa shape index (κ1) is 19.1. The fourth-order valence-electron chi connectivity index (χ4n) is 3.34. The van der Waals surface area contributed by atoms with Crippen molar-refractivity contribution in [1.82, 2.24) is 19.8 Å². The number of likely N-dealkylation sites (tertiary alicyclic amines) is 1. The highest BCUT2D eigenvalue weighted by Gasteiger charge is 2.29. The lowest BCUT2D eigenvalue weighted by Gasteiger charge is -2.32. The van der Waals surface area contributed by atoms with Crippen LogP contribution >= 0.6 is 0 Å². The van der Waals surface area contributed by atoms with Crippen LogP contribution in [0.5, 0.6) is 0 Å². The molecule has 1 N–H and O–H groups in total. The normalized spacial score (nSPS) is 17.1. The van der Waals surface area contributed by atoms with E-state index in [0.717, 1.165) is 18.5 Å². The number of nitrogens with zero attached hydrogens (tertiary/aromatic N) is 3. The van der Waals surface area contributed by atoms with E-state index in [0.29, 0.717) is 38.9 Å². The Balaban J connectivity index is 1.42. The molecule has 7 heteroatoms. The minimum Gasteiger partial charge on any atom is -0.356 e. The van der Waals surface area contributed by atoms with Gasteiger partial charge in [0, 0.05) is 45.0 Å². The number of carbonyl (C=O) groups is 2. The van der Waals surface area contributed by atoms with Gasteiger partial charge in [0.05, 0.1) is 12.2 Å². The van der Waals surface area contributed by atoms with Crippen LogP contribution in [0.25, 0.3) is 0 Å². The maximum atomic E-state index is 13.3. The third-order valence-electron chi connectivity index (χ3n) is 4.88. The highest BCUT2D eigenvalue weighted by atomic mass is 19.1. The van der Waals surface area contributed by atoms with Gasteiger partial charge in [0.1, 0.15) is 5.82 Å². The van der Waals surface area contributed by atoms with E-state index >= 15 is 0 Å². The lowest BCUT2D eigenvalue weighted by atomic mass is 9.96. The smallest absolute Gasteiger partial charge is 0.224 e. The molecular formula is C20H25FN4O2. The Morgan fingerprint density at radius 3 is 3.00 bits per heavy atom. The van der Waals surface area contributed by atoms with E-state index in [1.54, 1.807) is 23.5 Å². The minimum absolute atomic E-state index is 0.00360. The Bertz CT molecular complexity index is 763.